The van der Waals surface area contributed by atoms with Gasteiger partial charge in [0.25, 0.3) is 17.7 Å². The van der Waals surface area contributed by atoms with Crippen LogP contribution in [0.15, 0.2) is 103 Å². The zero-order chi connectivity index (χ0) is 30.6. The molecule has 0 unspecified atom stereocenters. The third-order valence-corrected chi connectivity index (χ3v) is 7.25. The quantitative estimate of drug-likeness (QED) is 0.189. The second kappa shape index (κ2) is 12.4. The van der Waals surface area contributed by atoms with Crippen LogP contribution in [0.1, 0.15) is 45.2 Å². The lowest BCUT2D eigenvalue weighted by molar-refractivity contribution is -0.137. The summed E-state index contributed by atoms with van der Waals surface area (Å²) in [6.07, 6.45) is 0.137. The first-order valence-electron chi connectivity index (χ1n) is 13.9. The van der Waals surface area contributed by atoms with E-state index in [1.807, 2.05) is 43.3 Å². The number of allylic oxidation sites excluding steroid dienone is 1. The molecule has 6 nitrogen and oxygen atoms in total. The summed E-state index contributed by atoms with van der Waals surface area (Å²) in [4.78, 5) is 40.3. The molecule has 0 bridgehead atoms. The van der Waals surface area contributed by atoms with Crippen LogP contribution in [0.5, 0.6) is 0 Å². The predicted molar refractivity (Wildman–Crippen MR) is 163 cm³/mol. The van der Waals surface area contributed by atoms with Gasteiger partial charge in [-0.1, -0.05) is 66.2 Å². The molecular formula is C35H30F2N2O4. The molecule has 1 aliphatic heterocycles. The summed E-state index contributed by atoms with van der Waals surface area (Å²) < 4.78 is 35.4. The molecule has 1 N–H and O–H groups in total. The molecule has 218 valence electrons. The molecule has 5 rings (SSSR count). The third kappa shape index (κ3) is 6.38. The maximum atomic E-state index is 15.3. The number of para-hydroxylation sites is 1. The topological polar surface area (TPSA) is 75.7 Å². The van der Waals surface area contributed by atoms with E-state index in [0.29, 0.717) is 11.3 Å². The standard InChI is InChI=1S/C35H30F2N2O4/c1-3-43-32(40)22-30-29-10-6-7-11-31(29)39(21-20-35(30,36)37)34(42)25-16-18-26(19-17-25)38-33(41)28-9-5-4-8-27(28)24-14-12-23(2)13-15-24/h4-19,22H,3,20-21H2,1-2H3,(H,38,41)/b30-22+. The molecule has 1 aliphatic rings. The second-order valence-corrected chi connectivity index (χ2v) is 10.2. The Morgan fingerprint density at radius 3 is 2.23 bits per heavy atom. The summed E-state index contributed by atoms with van der Waals surface area (Å²) in [7, 11) is 0. The number of rotatable bonds is 6. The van der Waals surface area contributed by atoms with Crippen molar-refractivity contribution in [1.29, 1.82) is 0 Å². The zero-order valence-corrected chi connectivity index (χ0v) is 23.8. The summed E-state index contributed by atoms with van der Waals surface area (Å²) in [5.41, 5.74) is 3.93. The second-order valence-electron chi connectivity index (χ2n) is 10.2. The Hall–Kier alpha value is -5.11. The number of ether oxygens (including phenoxy) is 1. The fourth-order valence-corrected chi connectivity index (χ4v) is 5.05. The van der Waals surface area contributed by atoms with E-state index < -0.39 is 29.8 Å². The van der Waals surface area contributed by atoms with Crippen LogP contribution in [0.25, 0.3) is 16.7 Å². The van der Waals surface area contributed by atoms with Crippen LogP contribution >= 0.6 is 0 Å². The number of halogens is 2. The van der Waals surface area contributed by atoms with Crippen LogP contribution in [-0.4, -0.2) is 36.9 Å². The first-order valence-corrected chi connectivity index (χ1v) is 13.9. The number of hydrogen-bond donors (Lipinski definition) is 1. The molecule has 2 amide bonds. The molecule has 0 fully saturated rings. The molecule has 8 heteroatoms. The van der Waals surface area contributed by atoms with Gasteiger partial charge in [0.2, 0.25) is 0 Å². The summed E-state index contributed by atoms with van der Waals surface area (Å²) in [6, 6.07) is 27.8. The number of anilines is 2. The van der Waals surface area contributed by atoms with Crippen molar-refractivity contribution in [3.8, 4) is 11.1 Å². The monoisotopic (exact) mass is 580 g/mol. The van der Waals surface area contributed by atoms with Gasteiger partial charge < -0.3 is 15.0 Å². The lowest BCUT2D eigenvalue weighted by Gasteiger charge is -2.23. The van der Waals surface area contributed by atoms with Gasteiger partial charge in [-0.2, -0.15) is 0 Å². The van der Waals surface area contributed by atoms with Crippen molar-refractivity contribution in [3.63, 3.8) is 0 Å². The van der Waals surface area contributed by atoms with Gasteiger partial charge in [0, 0.05) is 47.0 Å². The van der Waals surface area contributed by atoms with Crippen molar-refractivity contribution < 1.29 is 27.9 Å². The fourth-order valence-electron chi connectivity index (χ4n) is 5.05. The molecular weight excluding hydrogens is 550 g/mol. The fraction of sp³-hybridized carbons (Fsp3) is 0.171. The first-order chi connectivity index (χ1) is 20.7. The van der Waals surface area contributed by atoms with Gasteiger partial charge in [0.1, 0.15) is 0 Å². The van der Waals surface area contributed by atoms with Gasteiger partial charge >= 0.3 is 5.97 Å². The zero-order valence-electron chi connectivity index (χ0n) is 23.8. The van der Waals surface area contributed by atoms with Crippen molar-refractivity contribution in [2.75, 3.05) is 23.4 Å². The van der Waals surface area contributed by atoms with Crippen LogP contribution in [0.3, 0.4) is 0 Å². The van der Waals surface area contributed by atoms with Gasteiger partial charge in [-0.15, -0.1) is 0 Å². The molecule has 4 aromatic rings. The number of amides is 2. The van der Waals surface area contributed by atoms with Gasteiger partial charge in [-0.25, -0.2) is 13.6 Å². The van der Waals surface area contributed by atoms with E-state index in [1.54, 1.807) is 61.5 Å². The van der Waals surface area contributed by atoms with Crippen molar-refractivity contribution in [2.45, 2.75) is 26.2 Å². The Bertz CT molecular complexity index is 1700. The molecule has 0 radical (unpaired) electrons. The van der Waals surface area contributed by atoms with E-state index in [0.717, 1.165) is 22.8 Å². The third-order valence-electron chi connectivity index (χ3n) is 7.25. The smallest absolute Gasteiger partial charge is 0.331 e. The molecule has 4 aromatic carbocycles. The number of alkyl halides is 2. The minimum atomic E-state index is -3.36. The van der Waals surface area contributed by atoms with Gasteiger partial charge in [-0.3, -0.25) is 9.59 Å². The van der Waals surface area contributed by atoms with E-state index in [-0.39, 0.29) is 35.9 Å². The highest BCUT2D eigenvalue weighted by molar-refractivity contribution is 6.10. The average molecular weight is 581 g/mol. The Morgan fingerprint density at radius 2 is 1.53 bits per heavy atom. The van der Waals surface area contributed by atoms with Crippen LogP contribution in [0, 0.1) is 6.92 Å². The molecule has 0 aromatic heterocycles. The van der Waals surface area contributed by atoms with E-state index in [1.165, 1.54) is 11.0 Å². The predicted octanol–water partition coefficient (Wildman–Crippen LogP) is 7.55. The minimum Gasteiger partial charge on any atom is -0.463 e. The highest BCUT2D eigenvalue weighted by atomic mass is 19.3. The number of hydrogen-bond acceptors (Lipinski definition) is 4. The van der Waals surface area contributed by atoms with E-state index in [4.69, 9.17) is 4.74 Å². The summed E-state index contributed by atoms with van der Waals surface area (Å²) in [5, 5.41) is 2.88. The molecule has 1 heterocycles. The van der Waals surface area contributed by atoms with Crippen LogP contribution in [0.2, 0.25) is 0 Å². The maximum Gasteiger partial charge on any atom is 0.331 e. The Kier molecular flexibility index (Phi) is 8.48. The highest BCUT2D eigenvalue weighted by Crippen LogP contribution is 2.43. The normalized spacial score (nSPS) is 14.9. The first kappa shape index (κ1) is 29.4. The largest absolute Gasteiger partial charge is 0.463 e. The minimum absolute atomic E-state index is 0.0517. The SMILES string of the molecule is CCOC(=O)/C=C1\c2ccccc2N(C(=O)c2ccc(NC(=O)c3ccccc3-c3ccc(C)cc3)cc2)CCC1(F)F. The van der Waals surface area contributed by atoms with Crippen LogP contribution in [0.4, 0.5) is 20.2 Å². The lowest BCUT2D eigenvalue weighted by Crippen LogP contribution is -2.33. The molecule has 0 spiro atoms. The molecule has 43 heavy (non-hydrogen) atoms. The number of benzene rings is 4. The average Bonchev–Trinajstić information content (AvgIpc) is 3.11. The lowest BCUT2D eigenvalue weighted by atomic mass is 9.97. The molecule has 0 atom stereocenters. The van der Waals surface area contributed by atoms with Crippen LogP contribution in [-0.2, 0) is 9.53 Å². The van der Waals surface area contributed by atoms with Crippen molar-refractivity contribution in [3.05, 3.63) is 125 Å². The van der Waals surface area contributed by atoms with Crippen LogP contribution < -0.4 is 10.2 Å². The van der Waals surface area contributed by atoms with E-state index in [9.17, 15) is 14.4 Å². The number of nitrogens with one attached hydrogen (secondary N) is 1. The van der Waals surface area contributed by atoms with Gasteiger partial charge in [-0.05, 0) is 61.4 Å². The number of fused-ring (bicyclic) bond motifs is 1. The number of nitrogens with zero attached hydrogens (tertiary/aromatic N) is 1. The van der Waals surface area contributed by atoms with Crippen molar-refractivity contribution in [2.24, 2.45) is 0 Å². The van der Waals surface area contributed by atoms with E-state index in [2.05, 4.69) is 5.32 Å². The van der Waals surface area contributed by atoms with Gasteiger partial charge in [0.15, 0.2) is 0 Å². The number of esters is 1. The molecule has 0 aliphatic carbocycles. The summed E-state index contributed by atoms with van der Waals surface area (Å²) in [6.45, 7) is 3.38. The Labute approximate surface area is 248 Å². The van der Waals surface area contributed by atoms with Gasteiger partial charge in [0.05, 0.1) is 12.3 Å². The molecule has 0 saturated heterocycles. The number of carbonyl (C=O) groups is 3. The summed E-state index contributed by atoms with van der Waals surface area (Å²) in [5.74, 6) is -5.02. The number of carbonyl (C=O) groups excluding carboxylic acids is 3. The Balaban J connectivity index is 1.38. The maximum absolute atomic E-state index is 15.3. The summed E-state index contributed by atoms with van der Waals surface area (Å²) >= 11 is 0. The number of aryl methyl sites for hydroxylation is 1. The molecule has 0 saturated carbocycles. The van der Waals surface area contributed by atoms with Crippen molar-refractivity contribution >= 4 is 34.7 Å². The highest BCUT2D eigenvalue weighted by Gasteiger charge is 2.41. The van der Waals surface area contributed by atoms with Crippen molar-refractivity contribution in [1.82, 2.24) is 0 Å². The van der Waals surface area contributed by atoms with E-state index >= 15 is 8.78 Å². The Morgan fingerprint density at radius 1 is 0.884 bits per heavy atom.